The highest BCUT2D eigenvalue weighted by atomic mass is 31.2. The molecule has 5 atom stereocenters. The molecule has 0 saturated heterocycles. The van der Waals surface area contributed by atoms with Crippen LogP contribution in [0.5, 0.6) is 0 Å². The number of hydrogen-bond acceptors (Lipinski definition) is 15. The fourth-order valence-corrected chi connectivity index (χ4v) is 13.3. The highest BCUT2D eigenvalue weighted by Crippen LogP contribution is 2.45. The number of phosphoric ester groups is 2. The number of hydrogen-bond donors (Lipinski definition) is 3. The molecule has 0 rings (SSSR count). The minimum atomic E-state index is -4.96. The number of phosphoric acid groups is 2. The fourth-order valence-electron chi connectivity index (χ4n) is 11.7. The molecule has 0 aliphatic heterocycles. The summed E-state index contributed by atoms with van der Waals surface area (Å²) in [5.74, 6) is -1.32. The van der Waals surface area contributed by atoms with Crippen molar-refractivity contribution >= 4 is 39.5 Å². The van der Waals surface area contributed by atoms with Crippen molar-refractivity contribution in [2.24, 2.45) is 5.92 Å². The van der Waals surface area contributed by atoms with E-state index in [9.17, 15) is 43.2 Å². The van der Waals surface area contributed by atoms with Gasteiger partial charge in [-0.15, -0.1) is 0 Å². The number of aliphatic hydroxyl groups is 1. The third-order valence-electron chi connectivity index (χ3n) is 17.8. The average molecular weight is 1400 g/mol. The van der Waals surface area contributed by atoms with E-state index < -0.39 is 97.5 Å². The normalized spacial score (nSPS) is 13.9. The van der Waals surface area contributed by atoms with E-state index in [1.807, 2.05) is 0 Å². The summed E-state index contributed by atoms with van der Waals surface area (Å²) in [4.78, 5) is 72.7. The lowest BCUT2D eigenvalue weighted by atomic mass is 10.0. The summed E-state index contributed by atoms with van der Waals surface area (Å²) in [6.45, 7) is 7.30. The Morgan fingerprint density at radius 3 is 0.716 bits per heavy atom. The second-order valence-electron chi connectivity index (χ2n) is 27.9. The Morgan fingerprint density at radius 1 is 0.284 bits per heavy atom. The van der Waals surface area contributed by atoms with Gasteiger partial charge in [-0.1, -0.05) is 349 Å². The molecule has 0 aromatic carbocycles. The van der Waals surface area contributed by atoms with E-state index in [0.717, 1.165) is 102 Å². The average Bonchev–Trinajstić information content (AvgIpc) is 1.73. The first kappa shape index (κ1) is 93.1. The molecule has 0 radical (unpaired) electrons. The minimum absolute atomic E-state index is 0.108. The minimum Gasteiger partial charge on any atom is -0.462 e. The molecule has 0 spiro atoms. The second-order valence-corrected chi connectivity index (χ2v) is 30.8. The molecule has 19 heteroatoms. The van der Waals surface area contributed by atoms with Crippen LogP contribution in [0.25, 0.3) is 0 Å². The SMILES string of the molecule is CCCCCCCCCCCCCCCCCC(=O)OC[C@H](COP(=O)(O)OC[C@@H](O)COP(=O)(O)OC[C@@H](COC(=O)CCCCCCCCCC)OC(=O)CCCCCCCCCCCCCCCCC)OC(=O)CCCCCCCCCCCCCCCCC(C)C. The third kappa shape index (κ3) is 70.3. The summed E-state index contributed by atoms with van der Waals surface area (Å²) in [5.41, 5.74) is 0. The lowest BCUT2D eigenvalue weighted by Crippen LogP contribution is -2.30. The maximum atomic E-state index is 13.1. The van der Waals surface area contributed by atoms with Crippen LogP contribution >= 0.6 is 15.6 Å². The Bertz CT molecular complexity index is 1820. The van der Waals surface area contributed by atoms with E-state index in [4.69, 9.17) is 37.0 Å². The van der Waals surface area contributed by atoms with E-state index in [1.165, 1.54) is 218 Å². The predicted octanol–water partition coefficient (Wildman–Crippen LogP) is 22.5. The number of carbonyl (C=O) groups is 4. The monoisotopic (exact) mass is 1400 g/mol. The van der Waals surface area contributed by atoms with Gasteiger partial charge in [-0.05, 0) is 31.6 Å². The van der Waals surface area contributed by atoms with Crippen LogP contribution in [-0.2, 0) is 65.4 Å². The Hall–Kier alpha value is -1.94. The zero-order chi connectivity index (χ0) is 69.8. The molecule has 0 aromatic rings. The van der Waals surface area contributed by atoms with Crippen molar-refractivity contribution < 1.29 is 80.2 Å². The molecule has 0 aliphatic rings. The topological polar surface area (TPSA) is 237 Å². The Labute approximate surface area is 581 Å². The molecule has 0 amide bonds. The third-order valence-corrected chi connectivity index (χ3v) is 19.7. The highest BCUT2D eigenvalue weighted by molar-refractivity contribution is 7.47. The molecule has 3 N–H and O–H groups in total. The van der Waals surface area contributed by atoms with Gasteiger partial charge in [0.1, 0.15) is 19.3 Å². The van der Waals surface area contributed by atoms with Crippen molar-refractivity contribution in [1.82, 2.24) is 0 Å². The van der Waals surface area contributed by atoms with Crippen LogP contribution in [0.3, 0.4) is 0 Å². The predicted molar refractivity (Wildman–Crippen MR) is 386 cm³/mol. The number of aliphatic hydroxyl groups excluding tert-OH is 1. The number of rotatable bonds is 76. The van der Waals surface area contributed by atoms with E-state index in [-0.39, 0.29) is 25.7 Å². The van der Waals surface area contributed by atoms with Gasteiger partial charge < -0.3 is 33.8 Å². The summed E-state index contributed by atoms with van der Waals surface area (Å²) in [6.07, 6.45) is 58.2. The van der Waals surface area contributed by atoms with E-state index in [2.05, 4.69) is 34.6 Å². The van der Waals surface area contributed by atoms with E-state index in [0.29, 0.717) is 25.7 Å². The van der Waals surface area contributed by atoms with Gasteiger partial charge in [-0.2, -0.15) is 0 Å². The van der Waals surface area contributed by atoms with E-state index >= 15 is 0 Å². The molecule has 0 aliphatic carbocycles. The number of esters is 4. The quantitative estimate of drug-likeness (QED) is 0.0222. The van der Waals surface area contributed by atoms with Crippen molar-refractivity contribution in [3.63, 3.8) is 0 Å². The Kier molecular flexibility index (Phi) is 67.7. The maximum absolute atomic E-state index is 13.1. The number of ether oxygens (including phenoxy) is 4. The fraction of sp³-hybridized carbons (Fsp3) is 0.947. The zero-order valence-electron chi connectivity index (χ0n) is 61.8. The Morgan fingerprint density at radius 2 is 0.484 bits per heavy atom. The standard InChI is InChI=1S/C76H148O17P2/c1-6-9-12-15-18-21-23-25-27-32-36-40-45-50-55-60-74(79)87-66-72(93-76(81)62-57-52-47-42-38-34-30-29-31-35-39-43-48-53-58-69(4)5)68-91-95(84,85)89-64-70(77)63-88-94(82,83)90-67-71(65-86-73(78)59-54-49-44-20-17-14-11-8-3)92-75(80)61-56-51-46-41-37-33-28-26-24-22-19-16-13-10-7-2/h69-72,77H,6-68H2,1-5H3,(H,82,83)(H,84,85)/t70-,71+,72+/m0/s1. The molecule has 564 valence electrons. The largest absolute Gasteiger partial charge is 0.472 e. The summed E-state index contributed by atoms with van der Waals surface area (Å²) in [7, 11) is -9.91. The van der Waals surface area contributed by atoms with Gasteiger partial charge in [0.2, 0.25) is 0 Å². The molecule has 0 saturated carbocycles. The lowest BCUT2D eigenvalue weighted by Gasteiger charge is -2.21. The first-order chi connectivity index (χ1) is 46.0. The van der Waals surface area contributed by atoms with E-state index in [1.54, 1.807) is 0 Å². The first-order valence-corrected chi connectivity index (χ1v) is 42.6. The van der Waals surface area contributed by atoms with Crippen LogP contribution in [0.2, 0.25) is 0 Å². The molecular formula is C76H148O17P2. The molecule has 2 unspecified atom stereocenters. The van der Waals surface area contributed by atoms with Gasteiger partial charge in [0.15, 0.2) is 12.2 Å². The van der Waals surface area contributed by atoms with Crippen LogP contribution in [0.4, 0.5) is 0 Å². The first-order valence-electron chi connectivity index (χ1n) is 39.6. The maximum Gasteiger partial charge on any atom is 0.472 e. The number of carbonyl (C=O) groups excluding carboxylic acids is 4. The molecule has 17 nitrogen and oxygen atoms in total. The number of unbranched alkanes of at least 4 members (excludes halogenated alkanes) is 48. The molecule has 0 fully saturated rings. The van der Waals surface area contributed by atoms with Crippen molar-refractivity contribution in [2.45, 2.75) is 419 Å². The van der Waals surface area contributed by atoms with Gasteiger partial charge in [-0.3, -0.25) is 37.3 Å². The van der Waals surface area contributed by atoms with Crippen LogP contribution in [0, 0.1) is 5.92 Å². The molecule has 0 aromatic heterocycles. The van der Waals surface area contributed by atoms with Gasteiger partial charge >= 0.3 is 39.5 Å². The second kappa shape index (κ2) is 69.2. The molecule has 95 heavy (non-hydrogen) atoms. The summed E-state index contributed by atoms with van der Waals surface area (Å²) < 4.78 is 68.5. The van der Waals surface area contributed by atoms with Crippen LogP contribution in [0.15, 0.2) is 0 Å². The zero-order valence-corrected chi connectivity index (χ0v) is 63.6. The van der Waals surface area contributed by atoms with Crippen LogP contribution < -0.4 is 0 Å². The Balaban J connectivity index is 5.21. The summed E-state index contributed by atoms with van der Waals surface area (Å²) >= 11 is 0. The summed E-state index contributed by atoms with van der Waals surface area (Å²) in [5, 5.41) is 10.6. The van der Waals surface area contributed by atoms with Crippen molar-refractivity contribution in [3.05, 3.63) is 0 Å². The lowest BCUT2D eigenvalue weighted by molar-refractivity contribution is -0.161. The molecular weight excluding hydrogens is 1250 g/mol. The van der Waals surface area contributed by atoms with Gasteiger partial charge in [0.25, 0.3) is 0 Å². The van der Waals surface area contributed by atoms with Crippen LogP contribution in [-0.4, -0.2) is 96.7 Å². The van der Waals surface area contributed by atoms with Gasteiger partial charge in [0, 0.05) is 25.7 Å². The van der Waals surface area contributed by atoms with Gasteiger partial charge in [0.05, 0.1) is 26.4 Å². The molecule has 0 heterocycles. The smallest absolute Gasteiger partial charge is 0.462 e. The van der Waals surface area contributed by atoms with Crippen molar-refractivity contribution in [2.75, 3.05) is 39.6 Å². The highest BCUT2D eigenvalue weighted by Gasteiger charge is 2.30. The van der Waals surface area contributed by atoms with Crippen LogP contribution in [0.1, 0.15) is 401 Å². The summed E-state index contributed by atoms with van der Waals surface area (Å²) in [6, 6.07) is 0. The molecule has 0 bridgehead atoms. The van der Waals surface area contributed by atoms with Crippen molar-refractivity contribution in [3.8, 4) is 0 Å². The van der Waals surface area contributed by atoms with Gasteiger partial charge in [-0.25, -0.2) is 9.13 Å². The van der Waals surface area contributed by atoms with Crippen molar-refractivity contribution in [1.29, 1.82) is 0 Å².